The van der Waals surface area contributed by atoms with Crippen molar-refractivity contribution in [1.82, 2.24) is 5.32 Å². The first kappa shape index (κ1) is 22.1. The first-order chi connectivity index (χ1) is 14.9. The van der Waals surface area contributed by atoms with Gasteiger partial charge in [-0.15, -0.1) is 0 Å². The Labute approximate surface area is 179 Å². The molecule has 0 fully saturated rings. The number of hydrogen-bond donors (Lipinski definition) is 1. The lowest BCUT2D eigenvalue weighted by Gasteiger charge is -2.21. The predicted octanol–water partition coefficient (Wildman–Crippen LogP) is 4.70. The summed E-state index contributed by atoms with van der Waals surface area (Å²) in [5, 5.41) is 2.90. The van der Waals surface area contributed by atoms with Crippen molar-refractivity contribution >= 4 is 5.91 Å². The van der Waals surface area contributed by atoms with E-state index >= 15 is 0 Å². The van der Waals surface area contributed by atoms with Crippen LogP contribution in [0.2, 0.25) is 0 Å². The number of ether oxygens (including phenoxy) is 3. The SMILES string of the molecule is COc1cc(OC)c(C(=O)NC(Cc2cccc(F)c2)c2cccc(F)c2)cc1OC. The van der Waals surface area contributed by atoms with Gasteiger partial charge in [0.2, 0.25) is 0 Å². The molecule has 0 saturated heterocycles. The van der Waals surface area contributed by atoms with Crippen LogP contribution in [0.3, 0.4) is 0 Å². The van der Waals surface area contributed by atoms with Crippen molar-refractivity contribution in [2.75, 3.05) is 21.3 Å². The number of benzene rings is 3. The Balaban J connectivity index is 1.96. The standard InChI is InChI=1S/C24H23F2NO4/c1-29-21-14-23(31-3)22(30-2)13-19(21)24(28)27-20(16-7-5-9-18(26)12-16)11-15-6-4-8-17(25)10-15/h4-10,12-14,20H,11H2,1-3H3,(H,27,28). The summed E-state index contributed by atoms with van der Waals surface area (Å²) >= 11 is 0. The Kier molecular flexibility index (Phi) is 7.07. The van der Waals surface area contributed by atoms with E-state index < -0.39 is 17.8 Å². The highest BCUT2D eigenvalue weighted by atomic mass is 19.1. The molecule has 3 aromatic carbocycles. The quantitative estimate of drug-likeness (QED) is 0.566. The normalized spacial score (nSPS) is 11.5. The molecule has 1 atom stereocenters. The van der Waals surface area contributed by atoms with Crippen LogP contribution in [0.25, 0.3) is 0 Å². The van der Waals surface area contributed by atoms with Gasteiger partial charge in [0, 0.05) is 12.1 Å². The molecular formula is C24H23F2NO4. The van der Waals surface area contributed by atoms with Gasteiger partial charge in [0.15, 0.2) is 11.5 Å². The lowest BCUT2D eigenvalue weighted by molar-refractivity contribution is 0.0933. The predicted molar refractivity (Wildman–Crippen MR) is 113 cm³/mol. The molecule has 0 heterocycles. The first-order valence-corrected chi connectivity index (χ1v) is 9.56. The zero-order chi connectivity index (χ0) is 22.4. The Hall–Kier alpha value is -3.61. The van der Waals surface area contributed by atoms with Crippen LogP contribution in [0.5, 0.6) is 17.2 Å². The molecule has 1 N–H and O–H groups in total. The Morgan fingerprint density at radius 2 is 1.45 bits per heavy atom. The van der Waals surface area contributed by atoms with E-state index in [9.17, 15) is 13.6 Å². The Bertz CT molecular complexity index is 1070. The number of carbonyl (C=O) groups is 1. The fraction of sp³-hybridized carbons (Fsp3) is 0.208. The van der Waals surface area contributed by atoms with Gasteiger partial charge >= 0.3 is 0 Å². The molecule has 0 spiro atoms. The molecule has 0 aliphatic carbocycles. The van der Waals surface area contributed by atoms with E-state index in [0.29, 0.717) is 28.4 Å². The molecule has 3 rings (SSSR count). The van der Waals surface area contributed by atoms with Crippen LogP contribution in [0, 0.1) is 11.6 Å². The average Bonchev–Trinajstić information content (AvgIpc) is 2.77. The minimum absolute atomic E-state index is 0.223. The van der Waals surface area contributed by atoms with Gasteiger partial charge in [-0.2, -0.15) is 0 Å². The summed E-state index contributed by atoms with van der Waals surface area (Å²) in [4.78, 5) is 13.2. The monoisotopic (exact) mass is 427 g/mol. The fourth-order valence-corrected chi connectivity index (χ4v) is 3.32. The summed E-state index contributed by atoms with van der Waals surface area (Å²) in [6, 6.07) is 14.5. The third-order valence-electron chi connectivity index (χ3n) is 4.84. The van der Waals surface area contributed by atoms with Crippen molar-refractivity contribution < 1.29 is 27.8 Å². The maximum absolute atomic E-state index is 13.9. The molecule has 0 bridgehead atoms. The molecule has 5 nitrogen and oxygen atoms in total. The van der Waals surface area contributed by atoms with Crippen LogP contribution in [0.1, 0.15) is 27.5 Å². The van der Waals surface area contributed by atoms with Crippen LogP contribution in [-0.4, -0.2) is 27.2 Å². The second-order valence-corrected chi connectivity index (χ2v) is 6.82. The topological polar surface area (TPSA) is 56.8 Å². The number of amides is 1. The van der Waals surface area contributed by atoms with E-state index in [-0.39, 0.29) is 17.8 Å². The van der Waals surface area contributed by atoms with E-state index in [1.807, 2.05) is 0 Å². The highest BCUT2D eigenvalue weighted by Crippen LogP contribution is 2.35. The highest BCUT2D eigenvalue weighted by Gasteiger charge is 2.22. The number of carbonyl (C=O) groups excluding carboxylic acids is 1. The van der Waals surface area contributed by atoms with Crippen LogP contribution < -0.4 is 19.5 Å². The van der Waals surface area contributed by atoms with Crippen molar-refractivity contribution in [3.05, 3.63) is 89.0 Å². The van der Waals surface area contributed by atoms with Crippen molar-refractivity contribution in [2.24, 2.45) is 0 Å². The summed E-state index contributed by atoms with van der Waals surface area (Å²) < 4.78 is 43.4. The first-order valence-electron chi connectivity index (χ1n) is 9.56. The molecule has 1 amide bonds. The average molecular weight is 427 g/mol. The van der Waals surface area contributed by atoms with Gasteiger partial charge in [0.25, 0.3) is 5.91 Å². The molecule has 0 radical (unpaired) electrons. The molecule has 0 aromatic heterocycles. The van der Waals surface area contributed by atoms with Gasteiger partial charge < -0.3 is 19.5 Å². The van der Waals surface area contributed by atoms with Crippen molar-refractivity contribution in [1.29, 1.82) is 0 Å². The number of hydrogen-bond acceptors (Lipinski definition) is 4. The van der Waals surface area contributed by atoms with Gasteiger partial charge in [0.1, 0.15) is 17.4 Å². The van der Waals surface area contributed by atoms with E-state index in [0.717, 1.165) is 0 Å². The fourth-order valence-electron chi connectivity index (χ4n) is 3.32. The lowest BCUT2D eigenvalue weighted by Crippen LogP contribution is -2.30. The van der Waals surface area contributed by atoms with Gasteiger partial charge in [-0.1, -0.05) is 24.3 Å². The van der Waals surface area contributed by atoms with Crippen molar-refractivity contribution in [3.63, 3.8) is 0 Å². The third-order valence-corrected chi connectivity index (χ3v) is 4.84. The van der Waals surface area contributed by atoms with E-state index in [2.05, 4.69) is 5.32 Å². The largest absolute Gasteiger partial charge is 0.496 e. The van der Waals surface area contributed by atoms with Crippen molar-refractivity contribution in [3.8, 4) is 17.2 Å². The van der Waals surface area contributed by atoms with Gasteiger partial charge in [-0.3, -0.25) is 4.79 Å². The smallest absolute Gasteiger partial charge is 0.255 e. The highest BCUT2D eigenvalue weighted by molar-refractivity contribution is 5.98. The maximum Gasteiger partial charge on any atom is 0.255 e. The molecule has 162 valence electrons. The number of halogens is 2. The molecule has 7 heteroatoms. The lowest BCUT2D eigenvalue weighted by atomic mass is 9.98. The molecule has 0 aliphatic rings. The maximum atomic E-state index is 13.9. The zero-order valence-corrected chi connectivity index (χ0v) is 17.4. The summed E-state index contributed by atoms with van der Waals surface area (Å²) in [6.45, 7) is 0. The Morgan fingerprint density at radius 1 is 0.839 bits per heavy atom. The number of rotatable bonds is 8. The molecule has 0 aliphatic heterocycles. The van der Waals surface area contributed by atoms with Crippen LogP contribution in [0.4, 0.5) is 8.78 Å². The molecule has 1 unspecified atom stereocenters. The van der Waals surface area contributed by atoms with Crippen LogP contribution in [-0.2, 0) is 6.42 Å². The summed E-state index contributed by atoms with van der Waals surface area (Å²) in [5.41, 5.74) is 1.44. The summed E-state index contributed by atoms with van der Waals surface area (Å²) in [5.74, 6) is -0.205. The second-order valence-electron chi connectivity index (χ2n) is 6.82. The summed E-state index contributed by atoms with van der Waals surface area (Å²) in [7, 11) is 4.39. The number of nitrogens with one attached hydrogen (secondary N) is 1. The minimum atomic E-state index is -0.609. The summed E-state index contributed by atoms with van der Waals surface area (Å²) in [6.07, 6.45) is 0.266. The van der Waals surface area contributed by atoms with Gasteiger partial charge in [-0.05, 0) is 41.8 Å². The zero-order valence-electron chi connectivity index (χ0n) is 17.4. The Morgan fingerprint density at radius 3 is 2.06 bits per heavy atom. The van der Waals surface area contributed by atoms with Crippen LogP contribution in [0.15, 0.2) is 60.7 Å². The molecule has 0 saturated carbocycles. The molecule has 31 heavy (non-hydrogen) atoms. The third kappa shape index (κ3) is 5.31. The van der Waals surface area contributed by atoms with Crippen LogP contribution >= 0.6 is 0 Å². The van der Waals surface area contributed by atoms with Gasteiger partial charge in [-0.25, -0.2) is 8.78 Å². The van der Waals surface area contributed by atoms with E-state index in [4.69, 9.17) is 14.2 Å². The second kappa shape index (κ2) is 9.93. The van der Waals surface area contributed by atoms with E-state index in [1.165, 1.54) is 51.7 Å². The molecule has 3 aromatic rings. The number of methoxy groups -OCH3 is 3. The van der Waals surface area contributed by atoms with Crippen molar-refractivity contribution in [2.45, 2.75) is 12.5 Å². The van der Waals surface area contributed by atoms with E-state index in [1.54, 1.807) is 30.3 Å². The minimum Gasteiger partial charge on any atom is -0.496 e. The molecular weight excluding hydrogens is 404 g/mol. The van der Waals surface area contributed by atoms with Gasteiger partial charge in [0.05, 0.1) is 32.9 Å².